The molecule has 0 aromatic rings. The van der Waals surface area contributed by atoms with Crippen molar-refractivity contribution in [3.8, 4) is 0 Å². The number of rotatable bonds is 4. The Morgan fingerprint density at radius 1 is 1.21 bits per heavy atom. The Balaban J connectivity index is 1.97. The zero-order valence-corrected chi connectivity index (χ0v) is 11.5. The first-order valence-corrected chi connectivity index (χ1v) is 7.45. The molecule has 4 N–H and O–H groups in total. The highest BCUT2D eigenvalue weighted by Crippen LogP contribution is 2.30. The third kappa shape index (κ3) is 3.39. The molecule has 0 bridgehead atoms. The van der Waals surface area contributed by atoms with Gasteiger partial charge in [0.1, 0.15) is 5.54 Å². The van der Waals surface area contributed by atoms with E-state index in [1.54, 1.807) is 0 Å². The summed E-state index contributed by atoms with van der Waals surface area (Å²) in [7, 11) is 0. The highest BCUT2D eigenvalue weighted by molar-refractivity contribution is 5.94. The summed E-state index contributed by atoms with van der Waals surface area (Å²) >= 11 is 0. The number of amidine groups is 1. The van der Waals surface area contributed by atoms with Crippen LogP contribution in [0, 0.1) is 5.92 Å². The van der Waals surface area contributed by atoms with Gasteiger partial charge in [-0.3, -0.25) is 4.79 Å². The molecule has 0 unspecified atom stereocenters. The van der Waals surface area contributed by atoms with E-state index in [1.165, 1.54) is 12.8 Å². The first kappa shape index (κ1) is 14.2. The van der Waals surface area contributed by atoms with Gasteiger partial charge in [0, 0.05) is 6.42 Å². The number of hydrogen-bond donors (Lipinski definition) is 3. The molecule has 0 atom stereocenters. The van der Waals surface area contributed by atoms with E-state index in [9.17, 15) is 4.79 Å². The molecule has 2 fully saturated rings. The third-order valence-corrected chi connectivity index (χ3v) is 4.63. The maximum absolute atomic E-state index is 12.2. The second kappa shape index (κ2) is 6.26. The minimum absolute atomic E-state index is 0.0559. The van der Waals surface area contributed by atoms with E-state index in [2.05, 4.69) is 10.5 Å². The Bertz CT molecular complexity index is 343. The maximum Gasteiger partial charge on any atom is 0.221 e. The number of nitrogens with zero attached hydrogens (tertiary/aromatic N) is 1. The van der Waals surface area contributed by atoms with Crippen molar-refractivity contribution in [3.05, 3.63) is 0 Å². The van der Waals surface area contributed by atoms with Crippen molar-refractivity contribution in [1.82, 2.24) is 5.32 Å². The highest BCUT2D eigenvalue weighted by atomic mass is 16.4. The number of hydrogen-bond acceptors (Lipinski definition) is 3. The standard InChI is InChI=1S/C14H25N3O2/c15-13(17-19)14(8-4-1-5-9-14)16-12(18)10-11-6-2-3-7-11/h11,19H,1-10H2,(H2,15,17)(H,16,18). The van der Waals surface area contributed by atoms with Crippen LogP contribution in [0.15, 0.2) is 5.16 Å². The first-order chi connectivity index (χ1) is 9.16. The van der Waals surface area contributed by atoms with Crippen LogP contribution in [0.2, 0.25) is 0 Å². The molecule has 0 aliphatic heterocycles. The predicted octanol–water partition coefficient (Wildman–Crippen LogP) is 2.13. The van der Waals surface area contributed by atoms with Crippen molar-refractivity contribution in [3.63, 3.8) is 0 Å². The number of amides is 1. The summed E-state index contributed by atoms with van der Waals surface area (Å²) in [5.74, 6) is 0.736. The highest BCUT2D eigenvalue weighted by Gasteiger charge is 2.38. The van der Waals surface area contributed by atoms with Crippen molar-refractivity contribution in [2.45, 2.75) is 69.7 Å². The normalized spacial score (nSPS) is 24.3. The molecule has 2 aliphatic carbocycles. The predicted molar refractivity (Wildman–Crippen MR) is 73.9 cm³/mol. The molecule has 2 aliphatic rings. The van der Waals surface area contributed by atoms with Crippen LogP contribution in [0.3, 0.4) is 0 Å². The average molecular weight is 267 g/mol. The van der Waals surface area contributed by atoms with Gasteiger partial charge in [0.05, 0.1) is 0 Å². The molecule has 0 aromatic heterocycles. The van der Waals surface area contributed by atoms with Gasteiger partial charge in [-0.05, 0) is 31.6 Å². The van der Waals surface area contributed by atoms with E-state index in [0.717, 1.165) is 44.9 Å². The van der Waals surface area contributed by atoms with E-state index in [4.69, 9.17) is 10.9 Å². The monoisotopic (exact) mass is 267 g/mol. The van der Waals surface area contributed by atoms with Crippen LogP contribution >= 0.6 is 0 Å². The molecular formula is C14H25N3O2. The minimum atomic E-state index is -0.608. The Morgan fingerprint density at radius 3 is 2.42 bits per heavy atom. The topological polar surface area (TPSA) is 87.7 Å². The van der Waals surface area contributed by atoms with E-state index in [-0.39, 0.29) is 11.7 Å². The zero-order chi connectivity index (χ0) is 13.7. The number of oxime groups is 1. The van der Waals surface area contributed by atoms with Crippen LogP contribution < -0.4 is 11.1 Å². The molecule has 5 nitrogen and oxygen atoms in total. The van der Waals surface area contributed by atoms with Crippen LogP contribution in [0.1, 0.15) is 64.2 Å². The van der Waals surface area contributed by atoms with Crippen molar-refractivity contribution in [1.29, 1.82) is 0 Å². The SMILES string of the molecule is N/C(=N/O)C1(NC(=O)CC2CCCC2)CCCCC1. The third-order valence-electron chi connectivity index (χ3n) is 4.63. The molecule has 5 heteroatoms. The zero-order valence-electron chi connectivity index (χ0n) is 11.5. The second-order valence-electron chi connectivity index (χ2n) is 6.03. The van der Waals surface area contributed by atoms with Crippen LogP contribution in [-0.2, 0) is 4.79 Å². The van der Waals surface area contributed by atoms with Crippen LogP contribution in [-0.4, -0.2) is 22.5 Å². The van der Waals surface area contributed by atoms with Gasteiger partial charge in [-0.2, -0.15) is 0 Å². The van der Waals surface area contributed by atoms with Gasteiger partial charge in [0.2, 0.25) is 5.91 Å². The lowest BCUT2D eigenvalue weighted by Crippen LogP contribution is -2.58. The lowest BCUT2D eigenvalue weighted by atomic mass is 9.80. The van der Waals surface area contributed by atoms with Gasteiger partial charge in [-0.1, -0.05) is 37.3 Å². The van der Waals surface area contributed by atoms with Crippen molar-refractivity contribution >= 4 is 11.7 Å². The molecule has 1 amide bonds. The average Bonchev–Trinajstić information content (AvgIpc) is 2.91. The van der Waals surface area contributed by atoms with E-state index >= 15 is 0 Å². The number of nitrogens with two attached hydrogens (primary N) is 1. The molecule has 2 saturated carbocycles. The summed E-state index contributed by atoms with van der Waals surface area (Å²) in [6, 6.07) is 0. The summed E-state index contributed by atoms with van der Waals surface area (Å²) in [6.45, 7) is 0. The molecule has 19 heavy (non-hydrogen) atoms. The Kier molecular flexibility index (Phi) is 4.66. The fourth-order valence-corrected chi connectivity index (χ4v) is 3.49. The van der Waals surface area contributed by atoms with Gasteiger partial charge in [-0.15, -0.1) is 0 Å². The minimum Gasteiger partial charge on any atom is -0.409 e. The van der Waals surface area contributed by atoms with Crippen LogP contribution in [0.4, 0.5) is 0 Å². The summed E-state index contributed by atoms with van der Waals surface area (Å²) < 4.78 is 0. The molecule has 0 spiro atoms. The number of carbonyl (C=O) groups is 1. The molecular weight excluding hydrogens is 242 g/mol. The van der Waals surface area contributed by atoms with Crippen LogP contribution in [0.25, 0.3) is 0 Å². The molecule has 0 aromatic carbocycles. The van der Waals surface area contributed by atoms with E-state index in [1.807, 2.05) is 0 Å². The summed E-state index contributed by atoms with van der Waals surface area (Å²) in [4.78, 5) is 12.2. The van der Waals surface area contributed by atoms with Gasteiger partial charge in [0.25, 0.3) is 0 Å². The van der Waals surface area contributed by atoms with Crippen molar-refractivity contribution in [2.24, 2.45) is 16.8 Å². The van der Waals surface area contributed by atoms with Gasteiger partial charge < -0.3 is 16.3 Å². The molecule has 2 rings (SSSR count). The lowest BCUT2D eigenvalue weighted by molar-refractivity contribution is -0.123. The van der Waals surface area contributed by atoms with Gasteiger partial charge >= 0.3 is 0 Å². The Morgan fingerprint density at radius 2 is 1.84 bits per heavy atom. The summed E-state index contributed by atoms with van der Waals surface area (Å²) in [5, 5.41) is 15.2. The second-order valence-corrected chi connectivity index (χ2v) is 6.03. The van der Waals surface area contributed by atoms with E-state index in [0.29, 0.717) is 12.3 Å². The maximum atomic E-state index is 12.2. The van der Waals surface area contributed by atoms with Gasteiger partial charge in [-0.25, -0.2) is 0 Å². The molecule has 0 heterocycles. The van der Waals surface area contributed by atoms with E-state index < -0.39 is 5.54 Å². The molecule has 108 valence electrons. The lowest BCUT2D eigenvalue weighted by Gasteiger charge is -2.37. The largest absolute Gasteiger partial charge is 0.409 e. The molecule has 0 radical (unpaired) electrons. The van der Waals surface area contributed by atoms with Crippen LogP contribution in [0.5, 0.6) is 0 Å². The van der Waals surface area contributed by atoms with Gasteiger partial charge in [0.15, 0.2) is 5.84 Å². The number of carbonyl (C=O) groups excluding carboxylic acids is 1. The quantitative estimate of drug-likeness (QED) is 0.315. The van der Waals surface area contributed by atoms with Crippen molar-refractivity contribution in [2.75, 3.05) is 0 Å². The Hall–Kier alpha value is -1.26. The fourth-order valence-electron chi connectivity index (χ4n) is 3.49. The fraction of sp³-hybridized carbons (Fsp3) is 0.857. The first-order valence-electron chi connectivity index (χ1n) is 7.45. The Labute approximate surface area is 114 Å². The number of nitrogens with one attached hydrogen (secondary N) is 1. The summed E-state index contributed by atoms with van der Waals surface area (Å²) in [6.07, 6.45) is 10.1. The smallest absolute Gasteiger partial charge is 0.221 e. The summed E-state index contributed by atoms with van der Waals surface area (Å²) in [5.41, 5.74) is 5.22. The molecule has 0 saturated heterocycles. The van der Waals surface area contributed by atoms with Crippen molar-refractivity contribution < 1.29 is 10.0 Å².